The lowest BCUT2D eigenvalue weighted by molar-refractivity contribution is -0.137. The van der Waals surface area contributed by atoms with Crippen LogP contribution in [0, 0.1) is 0 Å². The van der Waals surface area contributed by atoms with E-state index in [9.17, 15) is 18.0 Å². The first kappa shape index (κ1) is 15.2. The molecule has 21 heavy (non-hydrogen) atoms. The number of halogens is 4. The number of esters is 1. The van der Waals surface area contributed by atoms with Gasteiger partial charge in [-0.25, -0.2) is 9.78 Å². The fourth-order valence-electron chi connectivity index (χ4n) is 1.68. The number of ether oxygens (including phenoxy) is 1. The van der Waals surface area contributed by atoms with Gasteiger partial charge in [0, 0.05) is 0 Å². The van der Waals surface area contributed by atoms with E-state index in [1.807, 2.05) is 0 Å². The van der Waals surface area contributed by atoms with Gasteiger partial charge in [-0.3, -0.25) is 4.57 Å². The summed E-state index contributed by atoms with van der Waals surface area (Å²) in [6.07, 6.45) is -3.32. The highest BCUT2D eigenvalue weighted by Crippen LogP contribution is 2.34. The van der Waals surface area contributed by atoms with E-state index >= 15 is 0 Å². The summed E-state index contributed by atoms with van der Waals surface area (Å²) in [5.41, 5.74) is 4.86. The Balaban J connectivity index is 2.49. The number of carbonyl (C=O) groups excluding carboxylic acids is 1. The zero-order chi connectivity index (χ0) is 15.8. The number of hydrogen-bond donors (Lipinski definition) is 1. The van der Waals surface area contributed by atoms with Crippen molar-refractivity contribution in [2.75, 3.05) is 12.8 Å². The molecule has 0 bridgehead atoms. The highest BCUT2D eigenvalue weighted by atomic mass is 35.5. The second-order valence-electron chi connectivity index (χ2n) is 4.00. The number of anilines is 1. The molecule has 0 aliphatic rings. The quantitative estimate of drug-likeness (QED) is 0.864. The van der Waals surface area contributed by atoms with Gasteiger partial charge in [-0.1, -0.05) is 11.6 Å². The van der Waals surface area contributed by atoms with E-state index in [1.165, 1.54) is 10.9 Å². The molecule has 0 saturated carbocycles. The second kappa shape index (κ2) is 5.28. The molecule has 0 aliphatic heterocycles. The zero-order valence-corrected chi connectivity index (χ0v) is 11.4. The van der Waals surface area contributed by atoms with Crippen molar-refractivity contribution in [3.05, 3.63) is 40.8 Å². The van der Waals surface area contributed by atoms with E-state index in [1.54, 1.807) is 0 Å². The van der Waals surface area contributed by atoms with E-state index in [0.29, 0.717) is 0 Å². The number of methoxy groups -OCH3 is 1. The van der Waals surface area contributed by atoms with Crippen molar-refractivity contribution in [3.63, 3.8) is 0 Å². The van der Waals surface area contributed by atoms with Crippen molar-refractivity contribution in [2.24, 2.45) is 0 Å². The fraction of sp³-hybridized carbons (Fsp3) is 0.167. The number of rotatable bonds is 2. The zero-order valence-electron chi connectivity index (χ0n) is 10.6. The van der Waals surface area contributed by atoms with E-state index in [2.05, 4.69) is 9.72 Å². The molecule has 0 saturated heterocycles. The van der Waals surface area contributed by atoms with Crippen LogP contribution in [-0.2, 0) is 10.9 Å². The van der Waals surface area contributed by atoms with Crippen LogP contribution in [-0.4, -0.2) is 22.6 Å². The van der Waals surface area contributed by atoms with Gasteiger partial charge in [0.2, 0.25) is 0 Å². The summed E-state index contributed by atoms with van der Waals surface area (Å²) in [5.74, 6) is -0.835. The van der Waals surface area contributed by atoms with Crippen molar-refractivity contribution >= 4 is 23.4 Å². The Kier molecular flexibility index (Phi) is 3.82. The molecule has 0 unspecified atom stereocenters. The topological polar surface area (TPSA) is 70.1 Å². The van der Waals surface area contributed by atoms with Gasteiger partial charge < -0.3 is 10.5 Å². The molecule has 2 rings (SSSR count). The van der Waals surface area contributed by atoms with E-state index in [-0.39, 0.29) is 22.2 Å². The van der Waals surface area contributed by atoms with Crippen LogP contribution in [0.15, 0.2) is 24.5 Å². The molecule has 9 heteroatoms. The van der Waals surface area contributed by atoms with Crippen molar-refractivity contribution in [3.8, 4) is 5.69 Å². The van der Waals surface area contributed by atoms with Crippen LogP contribution in [0.5, 0.6) is 0 Å². The number of nitrogen functional groups attached to an aromatic ring is 1. The normalized spacial score (nSPS) is 11.5. The third kappa shape index (κ3) is 2.80. The minimum atomic E-state index is -4.50. The SMILES string of the molecule is COC(=O)c1ncn(-c2ccc(C(F)(F)F)cc2Cl)c1N. The van der Waals surface area contributed by atoms with Gasteiger partial charge in [0.05, 0.1) is 23.4 Å². The Morgan fingerprint density at radius 1 is 1.43 bits per heavy atom. The van der Waals surface area contributed by atoms with Crippen LogP contribution in [0.3, 0.4) is 0 Å². The molecule has 2 aromatic rings. The van der Waals surface area contributed by atoms with Gasteiger partial charge >= 0.3 is 12.1 Å². The number of nitrogens with two attached hydrogens (primary N) is 1. The summed E-state index contributed by atoms with van der Waals surface area (Å²) in [6, 6.07) is 2.77. The predicted molar refractivity (Wildman–Crippen MR) is 69.3 cm³/mol. The van der Waals surface area contributed by atoms with Gasteiger partial charge in [0.25, 0.3) is 0 Å². The molecular formula is C12H9ClF3N3O2. The molecule has 0 aliphatic carbocycles. The van der Waals surface area contributed by atoms with Gasteiger partial charge in [0.1, 0.15) is 12.1 Å². The average Bonchev–Trinajstić information content (AvgIpc) is 2.78. The minimum absolute atomic E-state index is 0.0801. The maximum Gasteiger partial charge on any atom is 0.416 e. The van der Waals surface area contributed by atoms with Gasteiger partial charge in [-0.2, -0.15) is 13.2 Å². The van der Waals surface area contributed by atoms with E-state index < -0.39 is 17.7 Å². The molecule has 0 spiro atoms. The third-order valence-corrected chi connectivity index (χ3v) is 3.02. The van der Waals surface area contributed by atoms with Crippen molar-refractivity contribution in [2.45, 2.75) is 6.18 Å². The van der Waals surface area contributed by atoms with E-state index in [4.69, 9.17) is 17.3 Å². The third-order valence-electron chi connectivity index (χ3n) is 2.72. The van der Waals surface area contributed by atoms with Gasteiger partial charge in [-0.05, 0) is 18.2 Å². The first-order valence-corrected chi connectivity index (χ1v) is 5.91. The maximum atomic E-state index is 12.6. The van der Waals surface area contributed by atoms with Crippen molar-refractivity contribution in [1.29, 1.82) is 0 Å². The second-order valence-corrected chi connectivity index (χ2v) is 4.41. The van der Waals surface area contributed by atoms with Crippen LogP contribution in [0.1, 0.15) is 16.1 Å². The highest BCUT2D eigenvalue weighted by molar-refractivity contribution is 6.32. The predicted octanol–water partition coefficient (Wildman–Crippen LogP) is 2.91. The van der Waals surface area contributed by atoms with Crippen LogP contribution in [0.2, 0.25) is 5.02 Å². The summed E-state index contributed by atoms with van der Waals surface area (Å²) in [7, 11) is 1.16. The summed E-state index contributed by atoms with van der Waals surface area (Å²) < 4.78 is 43.4. The lowest BCUT2D eigenvalue weighted by atomic mass is 10.2. The first-order valence-electron chi connectivity index (χ1n) is 5.54. The van der Waals surface area contributed by atoms with Gasteiger partial charge in [0.15, 0.2) is 5.69 Å². The minimum Gasteiger partial charge on any atom is -0.464 e. The Hall–Kier alpha value is -2.22. The Labute approximate surface area is 122 Å². The van der Waals surface area contributed by atoms with Crippen molar-refractivity contribution < 1.29 is 22.7 Å². The van der Waals surface area contributed by atoms with Crippen LogP contribution in [0.4, 0.5) is 19.0 Å². The summed E-state index contributed by atoms with van der Waals surface area (Å²) in [4.78, 5) is 15.1. The number of aromatic nitrogens is 2. The average molecular weight is 320 g/mol. The number of imidazole rings is 1. The van der Waals surface area contributed by atoms with E-state index in [0.717, 1.165) is 25.3 Å². The Morgan fingerprint density at radius 2 is 2.10 bits per heavy atom. The molecule has 2 N–H and O–H groups in total. The summed E-state index contributed by atoms with van der Waals surface area (Å²) in [6.45, 7) is 0. The molecule has 0 amide bonds. The summed E-state index contributed by atoms with van der Waals surface area (Å²) in [5, 5.41) is -0.176. The van der Waals surface area contributed by atoms with Gasteiger partial charge in [-0.15, -0.1) is 0 Å². The Morgan fingerprint density at radius 3 is 2.62 bits per heavy atom. The molecule has 112 valence electrons. The van der Waals surface area contributed by atoms with Crippen LogP contribution in [0.25, 0.3) is 5.69 Å². The standard InChI is InChI=1S/C12H9ClF3N3O2/c1-21-11(20)9-10(17)19(5-18-9)8-3-2-6(4-7(8)13)12(14,15)16/h2-5H,17H2,1H3. The lowest BCUT2D eigenvalue weighted by Crippen LogP contribution is -2.09. The fourth-order valence-corrected chi connectivity index (χ4v) is 1.95. The molecule has 1 heterocycles. The monoisotopic (exact) mass is 319 g/mol. The highest BCUT2D eigenvalue weighted by Gasteiger charge is 2.31. The van der Waals surface area contributed by atoms with Crippen molar-refractivity contribution in [1.82, 2.24) is 9.55 Å². The summed E-state index contributed by atoms with van der Waals surface area (Å²) >= 11 is 5.84. The largest absolute Gasteiger partial charge is 0.464 e. The molecule has 0 fully saturated rings. The van der Waals surface area contributed by atoms with Crippen LogP contribution < -0.4 is 5.73 Å². The number of alkyl halides is 3. The molecule has 0 radical (unpaired) electrons. The lowest BCUT2D eigenvalue weighted by Gasteiger charge is -2.11. The molecule has 5 nitrogen and oxygen atoms in total. The molecule has 0 atom stereocenters. The molecule has 1 aromatic carbocycles. The number of benzene rings is 1. The maximum absolute atomic E-state index is 12.6. The number of hydrogen-bond acceptors (Lipinski definition) is 4. The smallest absolute Gasteiger partial charge is 0.416 e. The molecular weight excluding hydrogens is 311 g/mol. The first-order chi connectivity index (χ1) is 9.75. The Bertz CT molecular complexity index is 698. The number of nitrogens with zero attached hydrogens (tertiary/aromatic N) is 2. The molecule has 1 aromatic heterocycles. The number of carbonyl (C=O) groups is 1. The van der Waals surface area contributed by atoms with Crippen LogP contribution >= 0.6 is 11.6 Å².